The molecule has 0 saturated carbocycles. The van der Waals surface area contributed by atoms with Crippen molar-refractivity contribution in [2.45, 2.75) is 6.04 Å². The maximum atomic E-state index is 13.9. The fourth-order valence-corrected chi connectivity index (χ4v) is 2.18. The minimum atomic E-state index is -0.917. The first-order chi connectivity index (χ1) is 10.0. The quantitative estimate of drug-likeness (QED) is 0.658. The van der Waals surface area contributed by atoms with E-state index < -0.39 is 29.8 Å². The largest absolute Gasteiger partial charge is 0.461 e. The Labute approximate surface area is 121 Å². The molecular weight excluding hydrogens is 275 g/mol. The van der Waals surface area contributed by atoms with Gasteiger partial charge in [0.2, 0.25) is 0 Å². The number of rotatable bonds is 4. The van der Waals surface area contributed by atoms with Gasteiger partial charge < -0.3 is 15.4 Å². The van der Waals surface area contributed by atoms with Crippen LogP contribution >= 0.6 is 0 Å². The number of hydrogen-bond acceptors (Lipinski definition) is 3. The Bertz CT molecular complexity index is 600. The van der Waals surface area contributed by atoms with E-state index in [1.807, 2.05) is 0 Å². The number of halogens is 1. The third kappa shape index (κ3) is 3.10. The van der Waals surface area contributed by atoms with Crippen LogP contribution in [0.3, 0.4) is 0 Å². The lowest BCUT2D eigenvalue weighted by molar-refractivity contribution is -0.147. The van der Waals surface area contributed by atoms with E-state index in [1.54, 1.807) is 6.07 Å². The molecule has 1 saturated heterocycles. The number of ether oxygens (including phenoxy) is 1. The number of carbonyl (C=O) groups is 2. The molecule has 110 valence electrons. The summed E-state index contributed by atoms with van der Waals surface area (Å²) < 4.78 is 18.9. The Kier molecular flexibility index (Phi) is 4.37. The van der Waals surface area contributed by atoms with Crippen molar-refractivity contribution in [2.24, 2.45) is 5.92 Å². The van der Waals surface area contributed by atoms with Crippen molar-refractivity contribution in [2.75, 3.05) is 6.61 Å². The van der Waals surface area contributed by atoms with Crippen LogP contribution in [0.15, 0.2) is 49.2 Å². The van der Waals surface area contributed by atoms with Crippen molar-refractivity contribution < 1.29 is 18.7 Å². The van der Waals surface area contributed by atoms with Crippen molar-refractivity contribution >= 4 is 12.0 Å². The monoisotopic (exact) mass is 290 g/mol. The zero-order valence-electron chi connectivity index (χ0n) is 11.3. The molecule has 5 nitrogen and oxygen atoms in total. The van der Waals surface area contributed by atoms with Crippen LogP contribution < -0.4 is 10.6 Å². The van der Waals surface area contributed by atoms with Crippen LogP contribution in [0.1, 0.15) is 11.6 Å². The summed E-state index contributed by atoms with van der Waals surface area (Å²) >= 11 is 0. The molecule has 1 fully saturated rings. The fourth-order valence-electron chi connectivity index (χ4n) is 2.18. The highest BCUT2D eigenvalue weighted by Gasteiger charge is 2.39. The van der Waals surface area contributed by atoms with E-state index in [0.717, 1.165) is 0 Å². The lowest BCUT2D eigenvalue weighted by atomic mass is 9.89. The molecule has 0 spiro atoms. The van der Waals surface area contributed by atoms with Crippen LogP contribution in [-0.2, 0) is 9.53 Å². The van der Waals surface area contributed by atoms with Crippen molar-refractivity contribution in [3.63, 3.8) is 0 Å². The molecular formula is C15H15FN2O3. The molecule has 1 aliphatic heterocycles. The maximum absolute atomic E-state index is 13.9. The van der Waals surface area contributed by atoms with E-state index in [-0.39, 0.29) is 17.9 Å². The maximum Gasteiger partial charge on any atom is 0.319 e. The molecule has 2 rings (SSSR count). The van der Waals surface area contributed by atoms with Gasteiger partial charge in [0.25, 0.3) is 0 Å². The lowest BCUT2D eigenvalue weighted by Crippen LogP contribution is -2.51. The summed E-state index contributed by atoms with van der Waals surface area (Å²) in [5.41, 5.74) is 0.370. The molecule has 0 aliphatic carbocycles. The number of hydrogen-bond donors (Lipinski definition) is 2. The van der Waals surface area contributed by atoms with Crippen LogP contribution in [0.25, 0.3) is 0 Å². The Balaban J connectivity index is 2.35. The molecule has 1 aliphatic rings. The minimum absolute atomic E-state index is 0.0283. The summed E-state index contributed by atoms with van der Waals surface area (Å²) in [7, 11) is 0. The molecule has 0 aromatic heterocycles. The van der Waals surface area contributed by atoms with E-state index in [9.17, 15) is 14.0 Å². The number of benzene rings is 1. The first kappa shape index (κ1) is 14.8. The first-order valence-electron chi connectivity index (χ1n) is 6.33. The molecule has 0 unspecified atom stereocenters. The summed E-state index contributed by atoms with van der Waals surface area (Å²) in [5.74, 6) is -2.04. The third-order valence-corrected chi connectivity index (χ3v) is 3.11. The summed E-state index contributed by atoms with van der Waals surface area (Å²) in [6.07, 6.45) is 1.42. The molecule has 0 bridgehead atoms. The van der Waals surface area contributed by atoms with Gasteiger partial charge in [-0.1, -0.05) is 37.4 Å². The van der Waals surface area contributed by atoms with E-state index in [4.69, 9.17) is 4.74 Å². The lowest BCUT2D eigenvalue weighted by Gasteiger charge is -2.33. The second-order valence-corrected chi connectivity index (χ2v) is 4.52. The zero-order valence-corrected chi connectivity index (χ0v) is 11.3. The Morgan fingerprint density at radius 3 is 2.81 bits per heavy atom. The third-order valence-electron chi connectivity index (χ3n) is 3.11. The normalized spacial score (nSPS) is 21.2. The fraction of sp³-hybridized carbons (Fsp3) is 0.200. The van der Waals surface area contributed by atoms with Gasteiger partial charge in [-0.05, 0) is 6.07 Å². The summed E-state index contributed by atoms with van der Waals surface area (Å²) in [6, 6.07) is 4.51. The van der Waals surface area contributed by atoms with Gasteiger partial charge in [-0.3, -0.25) is 4.79 Å². The SMILES string of the molecule is C=CCOC(=O)[C@@H]1C(=C)NC(=O)N[C@@H]1c1ccccc1F. The van der Waals surface area contributed by atoms with Gasteiger partial charge in [-0.25, -0.2) is 9.18 Å². The first-order valence-corrected chi connectivity index (χ1v) is 6.33. The topological polar surface area (TPSA) is 67.4 Å². The molecule has 1 aromatic rings. The number of nitrogens with one attached hydrogen (secondary N) is 2. The van der Waals surface area contributed by atoms with Crippen LogP contribution in [0.2, 0.25) is 0 Å². The van der Waals surface area contributed by atoms with Crippen molar-refractivity contribution in [3.05, 3.63) is 60.6 Å². The van der Waals surface area contributed by atoms with E-state index in [1.165, 1.54) is 24.3 Å². The highest BCUT2D eigenvalue weighted by molar-refractivity contribution is 5.85. The predicted octanol–water partition coefficient (Wildman–Crippen LogP) is 2.04. The number of urea groups is 1. The smallest absolute Gasteiger partial charge is 0.319 e. The van der Waals surface area contributed by atoms with Gasteiger partial charge in [-0.2, -0.15) is 0 Å². The van der Waals surface area contributed by atoms with Gasteiger partial charge in [0.15, 0.2) is 0 Å². The number of amides is 2. The van der Waals surface area contributed by atoms with E-state index in [0.29, 0.717) is 0 Å². The molecule has 21 heavy (non-hydrogen) atoms. The van der Waals surface area contributed by atoms with Crippen LogP contribution in [0.4, 0.5) is 9.18 Å². The van der Waals surface area contributed by atoms with Crippen LogP contribution in [0, 0.1) is 11.7 Å². The molecule has 2 N–H and O–H groups in total. The summed E-state index contributed by atoms with van der Waals surface area (Å²) in [5, 5.41) is 4.95. The molecule has 1 heterocycles. The summed E-state index contributed by atoms with van der Waals surface area (Å²) in [6.45, 7) is 7.14. The van der Waals surface area contributed by atoms with Crippen molar-refractivity contribution in [1.29, 1.82) is 0 Å². The summed E-state index contributed by atoms with van der Waals surface area (Å²) in [4.78, 5) is 23.7. The average Bonchev–Trinajstić information content (AvgIpc) is 2.44. The van der Waals surface area contributed by atoms with Gasteiger partial charge in [0.1, 0.15) is 18.3 Å². The molecule has 1 aromatic carbocycles. The molecule has 2 atom stereocenters. The molecule has 0 radical (unpaired) electrons. The van der Waals surface area contributed by atoms with Crippen LogP contribution in [-0.4, -0.2) is 18.6 Å². The Hall–Kier alpha value is -2.63. The minimum Gasteiger partial charge on any atom is -0.461 e. The van der Waals surface area contributed by atoms with E-state index >= 15 is 0 Å². The molecule has 2 amide bonds. The zero-order chi connectivity index (χ0) is 15.4. The van der Waals surface area contributed by atoms with Gasteiger partial charge in [0, 0.05) is 11.3 Å². The van der Waals surface area contributed by atoms with Crippen LogP contribution in [0.5, 0.6) is 0 Å². The van der Waals surface area contributed by atoms with Gasteiger partial charge in [0.05, 0.1) is 6.04 Å². The van der Waals surface area contributed by atoms with Crippen molar-refractivity contribution in [3.8, 4) is 0 Å². The van der Waals surface area contributed by atoms with Gasteiger partial charge >= 0.3 is 12.0 Å². The standard InChI is InChI=1S/C15H15FN2O3/c1-3-8-21-14(19)12-9(2)17-15(20)18-13(12)10-6-4-5-7-11(10)16/h3-7,12-13H,1-2,8H2,(H2,17,18,20)/t12-,13-/m1/s1. The van der Waals surface area contributed by atoms with E-state index in [2.05, 4.69) is 23.8 Å². The number of carbonyl (C=O) groups excluding carboxylic acids is 2. The predicted molar refractivity (Wildman–Crippen MR) is 74.6 cm³/mol. The second-order valence-electron chi connectivity index (χ2n) is 4.52. The Morgan fingerprint density at radius 1 is 1.43 bits per heavy atom. The van der Waals surface area contributed by atoms with Gasteiger partial charge in [-0.15, -0.1) is 0 Å². The second kappa shape index (κ2) is 6.21. The number of esters is 1. The highest BCUT2D eigenvalue weighted by atomic mass is 19.1. The average molecular weight is 290 g/mol. The van der Waals surface area contributed by atoms with Crippen molar-refractivity contribution in [1.82, 2.24) is 10.6 Å². The Morgan fingerprint density at radius 2 is 2.14 bits per heavy atom. The highest BCUT2D eigenvalue weighted by Crippen LogP contribution is 2.31. The molecule has 6 heteroatoms.